The lowest BCUT2D eigenvalue weighted by atomic mass is 10.1. The molecule has 0 aromatic rings. The predicted molar refractivity (Wildman–Crippen MR) is 35.8 cm³/mol. The van der Waals surface area contributed by atoms with Gasteiger partial charge in [-0.1, -0.05) is 6.92 Å². The highest BCUT2D eigenvalue weighted by Gasteiger charge is 2.31. The van der Waals surface area contributed by atoms with Crippen molar-refractivity contribution in [1.29, 1.82) is 0 Å². The molecule has 0 spiro atoms. The molecule has 0 aliphatic carbocycles. The Morgan fingerprint density at radius 1 is 1.44 bits per heavy atom. The van der Waals surface area contributed by atoms with E-state index in [-0.39, 0.29) is 23.5 Å². The highest BCUT2D eigenvalue weighted by Crippen LogP contribution is 2.15. The highest BCUT2D eigenvalue weighted by molar-refractivity contribution is 7.91. The molecule has 2 atom stereocenters. The molecule has 0 saturated carbocycles. The van der Waals surface area contributed by atoms with Crippen molar-refractivity contribution in [2.75, 3.05) is 11.5 Å². The van der Waals surface area contributed by atoms with E-state index in [4.69, 9.17) is 5.73 Å². The SMILES string of the molecule is C[C@H]1CS(=O)(=O)C[C@@H]1N. The lowest BCUT2D eigenvalue weighted by Gasteiger charge is -2.02. The summed E-state index contributed by atoms with van der Waals surface area (Å²) < 4.78 is 21.5. The van der Waals surface area contributed by atoms with Gasteiger partial charge in [0.1, 0.15) is 0 Å². The molecule has 1 fully saturated rings. The Morgan fingerprint density at radius 2 is 2.00 bits per heavy atom. The average molecular weight is 149 g/mol. The Morgan fingerprint density at radius 3 is 2.11 bits per heavy atom. The molecule has 0 bridgehead atoms. The van der Waals surface area contributed by atoms with Gasteiger partial charge >= 0.3 is 0 Å². The third-order valence-corrected chi connectivity index (χ3v) is 3.62. The van der Waals surface area contributed by atoms with Gasteiger partial charge in [0, 0.05) is 6.04 Å². The molecule has 0 amide bonds. The van der Waals surface area contributed by atoms with Crippen molar-refractivity contribution in [2.45, 2.75) is 13.0 Å². The lowest BCUT2D eigenvalue weighted by molar-refractivity contribution is 0.566. The molecule has 2 N–H and O–H groups in total. The van der Waals surface area contributed by atoms with E-state index in [0.29, 0.717) is 0 Å². The Balaban J connectivity index is 2.77. The fraction of sp³-hybridized carbons (Fsp3) is 1.00. The largest absolute Gasteiger partial charge is 0.327 e. The van der Waals surface area contributed by atoms with Gasteiger partial charge in [0.25, 0.3) is 0 Å². The van der Waals surface area contributed by atoms with Crippen LogP contribution in [0.5, 0.6) is 0 Å². The molecular formula is C5H11NO2S. The topological polar surface area (TPSA) is 60.2 Å². The van der Waals surface area contributed by atoms with Gasteiger partial charge in [0.2, 0.25) is 0 Å². The minimum Gasteiger partial charge on any atom is -0.327 e. The summed E-state index contributed by atoms with van der Waals surface area (Å²) in [6.07, 6.45) is 0. The summed E-state index contributed by atoms with van der Waals surface area (Å²) in [5, 5.41) is 0. The number of sulfone groups is 1. The number of rotatable bonds is 0. The van der Waals surface area contributed by atoms with Crippen molar-refractivity contribution in [3.63, 3.8) is 0 Å². The molecule has 1 aliphatic rings. The smallest absolute Gasteiger partial charge is 0.152 e. The van der Waals surface area contributed by atoms with E-state index in [2.05, 4.69) is 0 Å². The second kappa shape index (κ2) is 1.95. The number of hydrogen-bond donors (Lipinski definition) is 1. The van der Waals surface area contributed by atoms with Crippen LogP contribution in [0.3, 0.4) is 0 Å². The van der Waals surface area contributed by atoms with Crippen molar-refractivity contribution in [3.8, 4) is 0 Å². The standard InChI is InChI=1S/C5H11NO2S/c1-4-2-9(7,8)3-5(4)6/h4-5H,2-3,6H2,1H3/t4-,5-/m0/s1. The van der Waals surface area contributed by atoms with Crippen LogP contribution >= 0.6 is 0 Å². The second-order valence-electron chi connectivity index (χ2n) is 2.72. The first-order chi connectivity index (χ1) is 4.01. The molecular weight excluding hydrogens is 138 g/mol. The summed E-state index contributed by atoms with van der Waals surface area (Å²) >= 11 is 0. The van der Waals surface area contributed by atoms with Gasteiger partial charge in [-0.05, 0) is 5.92 Å². The number of nitrogens with two attached hydrogens (primary N) is 1. The van der Waals surface area contributed by atoms with Crippen LogP contribution in [-0.2, 0) is 9.84 Å². The van der Waals surface area contributed by atoms with Crippen LogP contribution in [0.15, 0.2) is 0 Å². The van der Waals surface area contributed by atoms with Crippen molar-refractivity contribution < 1.29 is 8.42 Å². The molecule has 9 heavy (non-hydrogen) atoms. The molecule has 1 heterocycles. The van der Waals surface area contributed by atoms with E-state index in [0.717, 1.165) is 0 Å². The van der Waals surface area contributed by atoms with Gasteiger partial charge in [0.05, 0.1) is 11.5 Å². The van der Waals surface area contributed by atoms with Gasteiger partial charge in [-0.2, -0.15) is 0 Å². The zero-order valence-corrected chi connectivity index (χ0v) is 6.19. The van der Waals surface area contributed by atoms with E-state index in [1.807, 2.05) is 6.92 Å². The van der Waals surface area contributed by atoms with Gasteiger partial charge in [-0.3, -0.25) is 0 Å². The van der Waals surface area contributed by atoms with Crippen molar-refractivity contribution in [2.24, 2.45) is 11.7 Å². The summed E-state index contributed by atoms with van der Waals surface area (Å²) in [5.74, 6) is 0.595. The van der Waals surface area contributed by atoms with E-state index < -0.39 is 9.84 Å². The predicted octanol–water partition coefficient (Wildman–Crippen LogP) is -0.622. The summed E-state index contributed by atoms with van der Waals surface area (Å²) in [6.45, 7) is 1.87. The summed E-state index contributed by atoms with van der Waals surface area (Å²) in [7, 11) is -2.77. The molecule has 0 aromatic carbocycles. The van der Waals surface area contributed by atoms with E-state index in [1.54, 1.807) is 0 Å². The third kappa shape index (κ3) is 1.43. The fourth-order valence-electron chi connectivity index (χ4n) is 1.05. The van der Waals surface area contributed by atoms with Crippen molar-refractivity contribution in [1.82, 2.24) is 0 Å². The van der Waals surface area contributed by atoms with E-state index in [9.17, 15) is 8.42 Å². The van der Waals surface area contributed by atoms with Gasteiger partial charge in [-0.25, -0.2) is 8.42 Å². The Hall–Kier alpha value is -0.0900. The molecule has 0 radical (unpaired) electrons. The molecule has 1 saturated heterocycles. The lowest BCUT2D eigenvalue weighted by Crippen LogP contribution is -2.26. The first-order valence-corrected chi connectivity index (χ1v) is 4.79. The summed E-state index contributed by atoms with van der Waals surface area (Å²) in [4.78, 5) is 0. The first kappa shape index (κ1) is 7.02. The number of hydrogen-bond acceptors (Lipinski definition) is 3. The molecule has 0 aromatic heterocycles. The first-order valence-electron chi connectivity index (χ1n) is 2.97. The van der Waals surface area contributed by atoms with Gasteiger partial charge < -0.3 is 5.73 Å². The molecule has 0 unspecified atom stereocenters. The van der Waals surface area contributed by atoms with Crippen molar-refractivity contribution >= 4 is 9.84 Å². The van der Waals surface area contributed by atoms with Crippen molar-refractivity contribution in [3.05, 3.63) is 0 Å². The van der Waals surface area contributed by atoms with Crippen LogP contribution in [0.4, 0.5) is 0 Å². The maximum atomic E-state index is 10.8. The quantitative estimate of drug-likeness (QED) is 0.499. The summed E-state index contributed by atoms with van der Waals surface area (Å²) in [5.41, 5.74) is 5.47. The van der Waals surface area contributed by atoms with Crippen LogP contribution in [0.2, 0.25) is 0 Å². The maximum absolute atomic E-state index is 10.8. The van der Waals surface area contributed by atoms with Crippen LogP contribution < -0.4 is 5.73 Å². The van der Waals surface area contributed by atoms with E-state index >= 15 is 0 Å². The minimum atomic E-state index is -2.77. The minimum absolute atomic E-state index is 0.130. The van der Waals surface area contributed by atoms with Crippen LogP contribution in [0.1, 0.15) is 6.92 Å². The highest BCUT2D eigenvalue weighted by atomic mass is 32.2. The van der Waals surface area contributed by atoms with Crippen LogP contribution in [0, 0.1) is 5.92 Å². The molecule has 1 rings (SSSR count). The van der Waals surface area contributed by atoms with Crippen LogP contribution in [0.25, 0.3) is 0 Å². The Labute approximate surface area is 55.2 Å². The molecule has 3 nitrogen and oxygen atoms in total. The average Bonchev–Trinajstić information content (AvgIpc) is 1.79. The molecule has 54 valence electrons. The fourth-order valence-corrected chi connectivity index (χ4v) is 3.15. The monoisotopic (exact) mass is 149 g/mol. The normalized spacial score (nSPS) is 41.1. The Bertz CT molecular complexity index is 181. The van der Waals surface area contributed by atoms with E-state index in [1.165, 1.54) is 0 Å². The van der Waals surface area contributed by atoms with Crippen LogP contribution in [-0.4, -0.2) is 26.0 Å². The maximum Gasteiger partial charge on any atom is 0.152 e. The molecule has 1 aliphatic heterocycles. The van der Waals surface area contributed by atoms with Gasteiger partial charge in [0.15, 0.2) is 9.84 Å². The third-order valence-electron chi connectivity index (χ3n) is 1.69. The zero-order chi connectivity index (χ0) is 7.07. The zero-order valence-electron chi connectivity index (χ0n) is 5.37. The summed E-state index contributed by atoms with van der Waals surface area (Å²) in [6, 6.07) is -0.130. The van der Waals surface area contributed by atoms with Gasteiger partial charge in [-0.15, -0.1) is 0 Å². The Kier molecular flexibility index (Phi) is 1.52. The molecule has 4 heteroatoms. The second-order valence-corrected chi connectivity index (χ2v) is 4.87.